The molecule has 0 saturated carbocycles. The predicted octanol–water partition coefficient (Wildman–Crippen LogP) is 1.42. The van der Waals surface area contributed by atoms with Gasteiger partial charge in [0.25, 0.3) is 0 Å². The van der Waals surface area contributed by atoms with Crippen LogP contribution in [0.15, 0.2) is 17.2 Å². The standard InChI is InChI=1S/C9H9F3N4OS/c1-6-14-16(8(17)18-6)4-7-13-2-3-15(7)5-9(10,11)12/h2-3H,4-5H2,1H3. The maximum atomic E-state index is 12.3. The molecule has 2 aromatic rings. The van der Waals surface area contributed by atoms with Crippen LogP contribution in [0.5, 0.6) is 0 Å². The normalized spacial score (nSPS) is 12.0. The second-order valence-electron chi connectivity index (χ2n) is 3.63. The van der Waals surface area contributed by atoms with E-state index in [9.17, 15) is 18.0 Å². The number of halogens is 3. The Kier molecular flexibility index (Phi) is 3.24. The zero-order valence-electron chi connectivity index (χ0n) is 9.31. The third-order valence-electron chi connectivity index (χ3n) is 2.15. The van der Waals surface area contributed by atoms with Crippen molar-refractivity contribution in [1.29, 1.82) is 0 Å². The van der Waals surface area contributed by atoms with Gasteiger partial charge in [0.1, 0.15) is 23.9 Å². The maximum Gasteiger partial charge on any atom is 0.406 e. The fourth-order valence-corrected chi connectivity index (χ4v) is 2.08. The van der Waals surface area contributed by atoms with Gasteiger partial charge in [-0.3, -0.25) is 4.79 Å². The molecule has 0 unspecified atom stereocenters. The summed E-state index contributed by atoms with van der Waals surface area (Å²) in [5, 5.41) is 4.47. The fourth-order valence-electron chi connectivity index (χ4n) is 1.47. The molecule has 0 aliphatic carbocycles. The van der Waals surface area contributed by atoms with Crippen LogP contribution in [0.4, 0.5) is 13.2 Å². The van der Waals surface area contributed by atoms with Gasteiger partial charge in [0.2, 0.25) is 0 Å². The summed E-state index contributed by atoms with van der Waals surface area (Å²) in [7, 11) is 0. The van der Waals surface area contributed by atoms with Gasteiger partial charge in [0, 0.05) is 12.4 Å². The van der Waals surface area contributed by atoms with Gasteiger partial charge in [-0.05, 0) is 6.92 Å². The van der Waals surface area contributed by atoms with Crippen LogP contribution >= 0.6 is 11.3 Å². The molecular formula is C9H9F3N4OS. The summed E-state index contributed by atoms with van der Waals surface area (Å²) >= 11 is 0.947. The minimum Gasteiger partial charge on any atom is -0.324 e. The molecule has 0 radical (unpaired) electrons. The Morgan fingerprint density at radius 1 is 1.44 bits per heavy atom. The second kappa shape index (κ2) is 4.56. The molecule has 2 aromatic heterocycles. The molecule has 2 heterocycles. The van der Waals surface area contributed by atoms with Gasteiger partial charge in [-0.2, -0.15) is 18.3 Å². The average molecular weight is 278 g/mol. The molecule has 0 spiro atoms. The number of aryl methyl sites for hydroxylation is 1. The minimum atomic E-state index is -4.32. The van der Waals surface area contributed by atoms with Crippen LogP contribution < -0.4 is 4.87 Å². The predicted molar refractivity (Wildman–Crippen MR) is 58.5 cm³/mol. The van der Waals surface area contributed by atoms with Gasteiger partial charge < -0.3 is 4.57 Å². The van der Waals surface area contributed by atoms with Crippen LogP contribution in [-0.2, 0) is 13.1 Å². The number of hydrogen-bond donors (Lipinski definition) is 0. The number of alkyl halides is 3. The minimum absolute atomic E-state index is 0.0632. The lowest BCUT2D eigenvalue weighted by Crippen LogP contribution is -2.22. The van der Waals surface area contributed by atoms with Crippen molar-refractivity contribution in [3.63, 3.8) is 0 Å². The van der Waals surface area contributed by atoms with Crippen LogP contribution in [0.25, 0.3) is 0 Å². The maximum absolute atomic E-state index is 12.3. The summed E-state index contributed by atoms with van der Waals surface area (Å²) in [5.74, 6) is 0.153. The van der Waals surface area contributed by atoms with Crippen molar-refractivity contribution in [1.82, 2.24) is 19.3 Å². The topological polar surface area (TPSA) is 52.7 Å². The van der Waals surface area contributed by atoms with Crippen molar-refractivity contribution in [3.8, 4) is 0 Å². The molecule has 0 N–H and O–H groups in total. The molecule has 0 atom stereocenters. The van der Waals surface area contributed by atoms with Crippen LogP contribution in [0, 0.1) is 6.92 Å². The molecule has 0 amide bonds. The highest BCUT2D eigenvalue weighted by Gasteiger charge is 2.28. The van der Waals surface area contributed by atoms with Crippen molar-refractivity contribution < 1.29 is 13.2 Å². The Morgan fingerprint density at radius 3 is 2.72 bits per heavy atom. The Balaban J connectivity index is 2.23. The summed E-state index contributed by atoms with van der Waals surface area (Å²) in [5.41, 5.74) is 0. The Labute approximate surface area is 104 Å². The molecule has 2 rings (SSSR count). The number of rotatable bonds is 3. The first-order valence-corrected chi connectivity index (χ1v) is 5.78. The van der Waals surface area contributed by atoms with E-state index in [4.69, 9.17) is 0 Å². The van der Waals surface area contributed by atoms with Crippen molar-refractivity contribution in [2.45, 2.75) is 26.2 Å². The molecule has 0 saturated heterocycles. The summed E-state index contributed by atoms with van der Waals surface area (Å²) in [6.45, 7) is 0.469. The molecule has 0 aliphatic rings. The Morgan fingerprint density at radius 2 is 2.17 bits per heavy atom. The van der Waals surface area contributed by atoms with E-state index >= 15 is 0 Å². The van der Waals surface area contributed by atoms with E-state index in [-0.39, 0.29) is 17.2 Å². The number of hydrogen-bond acceptors (Lipinski definition) is 4. The first-order valence-electron chi connectivity index (χ1n) is 4.96. The lowest BCUT2D eigenvalue weighted by Gasteiger charge is -2.10. The number of imidazole rings is 1. The van der Waals surface area contributed by atoms with Gasteiger partial charge in [-0.15, -0.1) is 0 Å². The van der Waals surface area contributed by atoms with E-state index in [1.165, 1.54) is 12.4 Å². The monoisotopic (exact) mass is 278 g/mol. The van der Waals surface area contributed by atoms with Crippen LogP contribution in [0.2, 0.25) is 0 Å². The second-order valence-corrected chi connectivity index (χ2v) is 4.78. The van der Waals surface area contributed by atoms with Crippen molar-refractivity contribution in [2.24, 2.45) is 0 Å². The SMILES string of the molecule is Cc1nn(Cc2nccn2CC(F)(F)F)c(=O)s1. The first kappa shape index (κ1) is 12.8. The van der Waals surface area contributed by atoms with Crippen molar-refractivity contribution >= 4 is 11.3 Å². The number of aromatic nitrogens is 4. The molecule has 0 aliphatic heterocycles. The van der Waals surface area contributed by atoms with Crippen LogP contribution in [0.1, 0.15) is 10.8 Å². The van der Waals surface area contributed by atoms with E-state index in [1.54, 1.807) is 6.92 Å². The van der Waals surface area contributed by atoms with E-state index in [2.05, 4.69) is 10.1 Å². The van der Waals surface area contributed by atoms with E-state index in [0.29, 0.717) is 5.01 Å². The number of nitrogens with zero attached hydrogens (tertiary/aromatic N) is 4. The average Bonchev–Trinajstić information content (AvgIpc) is 2.73. The van der Waals surface area contributed by atoms with E-state index in [0.717, 1.165) is 20.6 Å². The Hall–Kier alpha value is -1.64. The molecule has 5 nitrogen and oxygen atoms in total. The van der Waals surface area contributed by atoms with Gasteiger partial charge in [-0.25, -0.2) is 9.67 Å². The Bertz CT molecular complexity index is 597. The highest BCUT2D eigenvalue weighted by molar-refractivity contribution is 7.08. The highest BCUT2D eigenvalue weighted by atomic mass is 32.1. The van der Waals surface area contributed by atoms with Gasteiger partial charge >= 0.3 is 11.0 Å². The van der Waals surface area contributed by atoms with Gasteiger partial charge in [0.15, 0.2) is 0 Å². The lowest BCUT2D eigenvalue weighted by atomic mass is 10.5. The summed E-state index contributed by atoms with van der Waals surface area (Å²) in [4.78, 5) is 14.9. The molecule has 0 bridgehead atoms. The summed E-state index contributed by atoms with van der Waals surface area (Å²) in [6.07, 6.45) is -1.82. The van der Waals surface area contributed by atoms with Crippen LogP contribution in [0.3, 0.4) is 0 Å². The van der Waals surface area contributed by atoms with Crippen molar-refractivity contribution in [2.75, 3.05) is 0 Å². The molecule has 18 heavy (non-hydrogen) atoms. The molecule has 0 fully saturated rings. The summed E-state index contributed by atoms with van der Waals surface area (Å²) in [6, 6.07) is 0. The van der Waals surface area contributed by atoms with E-state index in [1.807, 2.05) is 0 Å². The fraction of sp³-hybridized carbons (Fsp3) is 0.444. The third kappa shape index (κ3) is 2.97. The highest BCUT2D eigenvalue weighted by Crippen LogP contribution is 2.18. The van der Waals surface area contributed by atoms with Gasteiger partial charge in [0.05, 0.1) is 0 Å². The van der Waals surface area contributed by atoms with E-state index < -0.39 is 12.7 Å². The zero-order chi connectivity index (χ0) is 13.3. The molecule has 9 heteroatoms. The first-order chi connectivity index (χ1) is 8.35. The largest absolute Gasteiger partial charge is 0.406 e. The smallest absolute Gasteiger partial charge is 0.324 e. The molecule has 98 valence electrons. The quantitative estimate of drug-likeness (QED) is 0.853. The zero-order valence-corrected chi connectivity index (χ0v) is 10.1. The van der Waals surface area contributed by atoms with Gasteiger partial charge in [-0.1, -0.05) is 11.3 Å². The third-order valence-corrected chi connectivity index (χ3v) is 2.91. The molecule has 0 aromatic carbocycles. The van der Waals surface area contributed by atoms with Crippen LogP contribution in [-0.4, -0.2) is 25.5 Å². The lowest BCUT2D eigenvalue weighted by molar-refractivity contribution is -0.141. The molecular weight excluding hydrogens is 269 g/mol. The van der Waals surface area contributed by atoms with Crippen molar-refractivity contribution in [3.05, 3.63) is 32.9 Å². The summed E-state index contributed by atoms with van der Waals surface area (Å²) < 4.78 is 38.9.